The van der Waals surface area contributed by atoms with Crippen molar-refractivity contribution < 1.29 is 22.7 Å². The minimum Gasteiger partial charge on any atom is -0.406 e. The third kappa shape index (κ3) is 5.07. The van der Waals surface area contributed by atoms with Crippen LogP contribution in [0.4, 0.5) is 18.9 Å². The van der Waals surface area contributed by atoms with E-state index in [0.29, 0.717) is 18.7 Å². The number of carbonyl (C=O) groups excluding carboxylic acids is 1. The van der Waals surface area contributed by atoms with Crippen molar-refractivity contribution in [2.24, 2.45) is 0 Å². The summed E-state index contributed by atoms with van der Waals surface area (Å²) in [4.78, 5) is 23.4. The first-order valence-electron chi connectivity index (χ1n) is 10.0. The molecule has 168 valence electrons. The molecule has 1 aliphatic rings. The molecule has 0 bridgehead atoms. The number of nitrogens with one attached hydrogen (secondary N) is 1. The van der Waals surface area contributed by atoms with Crippen molar-refractivity contribution in [1.82, 2.24) is 14.9 Å². The van der Waals surface area contributed by atoms with E-state index in [0.717, 1.165) is 47.3 Å². The van der Waals surface area contributed by atoms with Gasteiger partial charge in [-0.25, -0.2) is 9.97 Å². The van der Waals surface area contributed by atoms with Crippen LogP contribution in [0.3, 0.4) is 0 Å². The molecule has 1 aliphatic heterocycles. The van der Waals surface area contributed by atoms with Crippen molar-refractivity contribution in [3.8, 4) is 5.75 Å². The third-order valence-corrected chi connectivity index (χ3v) is 5.83. The van der Waals surface area contributed by atoms with Crippen LogP contribution in [0, 0.1) is 0 Å². The topological polar surface area (TPSA) is 67.4 Å². The van der Waals surface area contributed by atoms with Crippen LogP contribution in [0.25, 0.3) is 10.9 Å². The zero-order chi connectivity index (χ0) is 22.7. The largest absolute Gasteiger partial charge is 0.573 e. The zero-order valence-corrected chi connectivity index (χ0v) is 18.0. The molecule has 0 aliphatic carbocycles. The van der Waals surface area contributed by atoms with Gasteiger partial charge in [0.25, 0.3) is 5.91 Å². The first-order chi connectivity index (χ1) is 15.3. The molecule has 1 fully saturated rings. The van der Waals surface area contributed by atoms with Gasteiger partial charge in [0.15, 0.2) is 0 Å². The van der Waals surface area contributed by atoms with Gasteiger partial charge in [-0.2, -0.15) is 0 Å². The van der Waals surface area contributed by atoms with Gasteiger partial charge in [-0.05, 0) is 55.3 Å². The first-order valence-corrected chi connectivity index (χ1v) is 11.3. The molecule has 32 heavy (non-hydrogen) atoms. The summed E-state index contributed by atoms with van der Waals surface area (Å²) in [6, 6.07) is 11.0. The van der Waals surface area contributed by atoms with E-state index in [1.807, 2.05) is 24.5 Å². The molecule has 10 heteroatoms. The van der Waals surface area contributed by atoms with Crippen LogP contribution in [0.1, 0.15) is 34.8 Å². The molecule has 1 amide bonds. The molecule has 2 aromatic carbocycles. The second-order valence-corrected chi connectivity index (χ2v) is 8.05. The van der Waals surface area contributed by atoms with Crippen molar-refractivity contribution in [1.29, 1.82) is 0 Å². The van der Waals surface area contributed by atoms with E-state index >= 15 is 0 Å². The van der Waals surface area contributed by atoms with E-state index in [9.17, 15) is 18.0 Å². The number of nitrogens with zero attached hydrogens (tertiary/aromatic N) is 3. The van der Waals surface area contributed by atoms with Crippen LogP contribution < -0.4 is 9.46 Å². The number of amides is 1. The Balaban J connectivity index is 1.42. The lowest BCUT2D eigenvalue weighted by molar-refractivity contribution is -0.274. The first kappa shape index (κ1) is 22.2. The minimum absolute atomic E-state index is 0.200. The Bertz CT molecular complexity index is 1100. The highest BCUT2D eigenvalue weighted by atomic mass is 32.2. The highest BCUT2D eigenvalue weighted by Crippen LogP contribution is 2.32. The second-order valence-electron chi connectivity index (χ2n) is 7.44. The number of carbonyl (C=O) groups is 1. The number of rotatable bonds is 5. The summed E-state index contributed by atoms with van der Waals surface area (Å²) in [5.74, 6) is -0.354. The molecule has 1 N–H and O–H groups in total. The summed E-state index contributed by atoms with van der Waals surface area (Å²) >= 11 is 1.51. The zero-order valence-electron chi connectivity index (χ0n) is 17.2. The van der Waals surface area contributed by atoms with Gasteiger partial charge in [0.2, 0.25) is 0 Å². The van der Waals surface area contributed by atoms with E-state index in [2.05, 4.69) is 19.4 Å². The monoisotopic (exact) mass is 462 g/mol. The number of likely N-dealkylation sites (tertiary alicyclic amines) is 1. The Morgan fingerprint density at radius 1 is 1.12 bits per heavy atom. The van der Waals surface area contributed by atoms with Crippen LogP contribution in [0.2, 0.25) is 0 Å². The molecule has 0 radical (unpaired) electrons. The van der Waals surface area contributed by atoms with E-state index < -0.39 is 6.36 Å². The van der Waals surface area contributed by atoms with Gasteiger partial charge in [-0.15, -0.1) is 13.2 Å². The number of alkyl halides is 3. The normalized spacial score (nSPS) is 15.1. The van der Waals surface area contributed by atoms with Gasteiger partial charge >= 0.3 is 6.36 Å². The number of hydrogen-bond donors (Lipinski definition) is 1. The number of aromatic nitrogens is 2. The molecule has 1 saturated heterocycles. The number of piperidine rings is 1. The van der Waals surface area contributed by atoms with Crippen LogP contribution >= 0.6 is 11.9 Å². The number of anilines is 1. The van der Waals surface area contributed by atoms with Gasteiger partial charge in [0.1, 0.15) is 12.1 Å². The Labute approximate surface area is 187 Å². The summed E-state index contributed by atoms with van der Waals surface area (Å²) in [5, 5.41) is 1.00. The molecule has 2 heterocycles. The Morgan fingerprint density at radius 2 is 1.84 bits per heavy atom. The average Bonchev–Trinajstić information content (AvgIpc) is 2.78. The number of benzene rings is 2. The Morgan fingerprint density at radius 3 is 2.50 bits per heavy atom. The molecule has 0 saturated carbocycles. The maximum Gasteiger partial charge on any atom is 0.573 e. The van der Waals surface area contributed by atoms with E-state index in [-0.39, 0.29) is 17.6 Å². The molecule has 1 aromatic heterocycles. The van der Waals surface area contributed by atoms with Gasteiger partial charge in [-0.3, -0.25) is 4.79 Å². The van der Waals surface area contributed by atoms with Crippen LogP contribution in [0.5, 0.6) is 5.75 Å². The van der Waals surface area contributed by atoms with Crippen LogP contribution in [0.15, 0.2) is 48.8 Å². The predicted octanol–water partition coefficient (Wildman–Crippen LogP) is 5.24. The van der Waals surface area contributed by atoms with Gasteiger partial charge in [0, 0.05) is 41.9 Å². The quantitative estimate of drug-likeness (QED) is 0.523. The lowest BCUT2D eigenvalue weighted by atomic mass is 9.90. The second kappa shape index (κ2) is 9.23. The number of hydrogen-bond acceptors (Lipinski definition) is 6. The third-order valence-electron chi connectivity index (χ3n) is 5.39. The van der Waals surface area contributed by atoms with Crippen molar-refractivity contribution in [3.05, 3.63) is 60.0 Å². The predicted molar refractivity (Wildman–Crippen MR) is 118 cm³/mol. The van der Waals surface area contributed by atoms with Crippen molar-refractivity contribution >= 4 is 34.4 Å². The molecule has 3 aromatic rings. The Kier molecular flexibility index (Phi) is 6.40. The lowest BCUT2D eigenvalue weighted by Crippen LogP contribution is -2.38. The van der Waals surface area contributed by atoms with E-state index in [1.54, 1.807) is 11.2 Å². The Hall–Kier alpha value is -3.01. The fourth-order valence-corrected chi connectivity index (χ4v) is 4.28. The van der Waals surface area contributed by atoms with Gasteiger partial charge in [0.05, 0.1) is 11.2 Å². The van der Waals surface area contributed by atoms with E-state index in [1.165, 1.54) is 24.1 Å². The fraction of sp³-hybridized carbons (Fsp3) is 0.318. The smallest absolute Gasteiger partial charge is 0.406 e. The summed E-state index contributed by atoms with van der Waals surface area (Å²) in [6.45, 7) is 1.09. The van der Waals surface area contributed by atoms with Gasteiger partial charge in [-0.1, -0.05) is 11.9 Å². The maximum atomic E-state index is 12.8. The standard InChI is InChI=1S/C22H21F3N4O2S/c1-32-28-16-4-7-18-19(12-16)26-13-27-20(18)14-8-10-29(11-9-14)21(30)15-2-5-17(6-3-15)31-22(23,24)25/h2-7,12-14,28H,8-11H2,1H3. The number of fused-ring (bicyclic) bond motifs is 1. The minimum atomic E-state index is -4.76. The van der Waals surface area contributed by atoms with Crippen LogP contribution in [-0.4, -0.2) is 46.5 Å². The van der Waals surface area contributed by atoms with Crippen molar-refractivity contribution in [2.45, 2.75) is 25.1 Å². The number of ether oxygens (including phenoxy) is 1. The lowest BCUT2D eigenvalue weighted by Gasteiger charge is -2.32. The average molecular weight is 462 g/mol. The maximum absolute atomic E-state index is 12.8. The molecular formula is C22H21F3N4O2S. The fourth-order valence-electron chi connectivity index (χ4n) is 3.92. The van der Waals surface area contributed by atoms with Crippen molar-refractivity contribution in [2.75, 3.05) is 24.1 Å². The molecule has 0 atom stereocenters. The van der Waals surface area contributed by atoms with Crippen molar-refractivity contribution in [3.63, 3.8) is 0 Å². The van der Waals surface area contributed by atoms with E-state index in [4.69, 9.17) is 0 Å². The van der Waals surface area contributed by atoms with Crippen LogP contribution in [-0.2, 0) is 0 Å². The molecule has 0 unspecified atom stereocenters. The molecule has 6 nitrogen and oxygen atoms in total. The molecular weight excluding hydrogens is 441 g/mol. The van der Waals surface area contributed by atoms with Gasteiger partial charge < -0.3 is 14.4 Å². The molecule has 4 rings (SSSR count). The number of halogens is 3. The SMILES string of the molecule is CSNc1ccc2c(C3CCN(C(=O)c4ccc(OC(F)(F)F)cc4)CC3)ncnc2c1. The molecule has 0 spiro atoms. The summed E-state index contributed by atoms with van der Waals surface area (Å²) in [5.41, 5.74) is 3.15. The summed E-state index contributed by atoms with van der Waals surface area (Å²) in [6.07, 6.45) is 0.263. The highest BCUT2D eigenvalue weighted by molar-refractivity contribution is 7.99. The summed E-state index contributed by atoms with van der Waals surface area (Å²) in [7, 11) is 0. The highest BCUT2D eigenvalue weighted by Gasteiger charge is 2.31. The summed E-state index contributed by atoms with van der Waals surface area (Å²) < 4.78 is 44.0.